The van der Waals surface area contributed by atoms with Crippen molar-refractivity contribution in [3.05, 3.63) is 29.8 Å². The third-order valence-corrected chi connectivity index (χ3v) is 5.35. The van der Waals surface area contributed by atoms with Crippen molar-refractivity contribution in [3.8, 4) is 5.75 Å². The van der Waals surface area contributed by atoms with Crippen molar-refractivity contribution in [1.82, 2.24) is 20.4 Å². The molecule has 0 spiro atoms. The Morgan fingerprint density at radius 1 is 1.25 bits per heavy atom. The minimum absolute atomic E-state index is 0.686. The van der Waals surface area contributed by atoms with Gasteiger partial charge in [0, 0.05) is 44.8 Å². The van der Waals surface area contributed by atoms with Gasteiger partial charge in [0.1, 0.15) is 12.4 Å². The summed E-state index contributed by atoms with van der Waals surface area (Å²) in [6.45, 7) is 7.80. The number of aliphatic imine (C=N–C) groups is 1. The van der Waals surface area contributed by atoms with Gasteiger partial charge in [-0.15, -0.1) is 0 Å². The summed E-state index contributed by atoms with van der Waals surface area (Å²) in [5.74, 6) is 1.78. The number of hydrogen-bond acceptors (Lipinski definition) is 4. The summed E-state index contributed by atoms with van der Waals surface area (Å²) in [5, 5.41) is 6.88. The fourth-order valence-electron chi connectivity index (χ4n) is 3.66. The Labute approximate surface area is 171 Å². The first-order chi connectivity index (χ1) is 13.6. The Balaban J connectivity index is 1.77. The molecule has 1 saturated heterocycles. The first-order valence-corrected chi connectivity index (χ1v) is 10.7. The second kappa shape index (κ2) is 12.6. The summed E-state index contributed by atoms with van der Waals surface area (Å²) in [4.78, 5) is 9.11. The number of para-hydroxylation sites is 1. The SMILES string of the molecule is CCC1CCCCN1CCNC(=NC)NCc1ccccc1OCCN(C)C. The minimum Gasteiger partial charge on any atom is -0.492 e. The number of ether oxygens (including phenoxy) is 1. The van der Waals surface area contributed by atoms with Crippen molar-refractivity contribution >= 4 is 5.96 Å². The maximum absolute atomic E-state index is 5.95. The van der Waals surface area contributed by atoms with Crippen LogP contribution in [0.2, 0.25) is 0 Å². The van der Waals surface area contributed by atoms with E-state index in [-0.39, 0.29) is 0 Å². The van der Waals surface area contributed by atoms with Gasteiger partial charge < -0.3 is 20.3 Å². The molecule has 0 aliphatic carbocycles. The molecule has 0 aromatic heterocycles. The molecule has 1 heterocycles. The molecule has 28 heavy (non-hydrogen) atoms. The fraction of sp³-hybridized carbons (Fsp3) is 0.682. The summed E-state index contributed by atoms with van der Waals surface area (Å²) >= 11 is 0. The Hall–Kier alpha value is -1.79. The molecule has 1 unspecified atom stereocenters. The molecule has 1 aliphatic rings. The molecule has 6 nitrogen and oxygen atoms in total. The van der Waals surface area contributed by atoms with E-state index in [2.05, 4.69) is 52.5 Å². The second-order valence-electron chi connectivity index (χ2n) is 7.71. The summed E-state index contributed by atoms with van der Waals surface area (Å²) in [6.07, 6.45) is 5.29. The van der Waals surface area contributed by atoms with Crippen LogP contribution < -0.4 is 15.4 Å². The highest BCUT2D eigenvalue weighted by atomic mass is 16.5. The van der Waals surface area contributed by atoms with Crippen LogP contribution in [-0.4, -0.2) is 75.7 Å². The number of likely N-dealkylation sites (N-methyl/N-ethyl adjacent to an activating group) is 1. The molecular weight excluding hydrogens is 350 g/mol. The molecular formula is C22H39N5O. The maximum atomic E-state index is 5.95. The van der Waals surface area contributed by atoms with Crippen molar-refractivity contribution in [2.45, 2.75) is 45.2 Å². The van der Waals surface area contributed by atoms with E-state index in [4.69, 9.17) is 4.74 Å². The average Bonchev–Trinajstić information content (AvgIpc) is 2.71. The van der Waals surface area contributed by atoms with E-state index < -0.39 is 0 Å². The van der Waals surface area contributed by atoms with Crippen molar-refractivity contribution in [1.29, 1.82) is 0 Å². The molecule has 1 atom stereocenters. The molecule has 0 bridgehead atoms. The van der Waals surface area contributed by atoms with Gasteiger partial charge in [-0.25, -0.2) is 0 Å². The van der Waals surface area contributed by atoms with Crippen LogP contribution in [0, 0.1) is 0 Å². The Morgan fingerprint density at radius 3 is 2.82 bits per heavy atom. The quantitative estimate of drug-likeness (QED) is 0.476. The largest absolute Gasteiger partial charge is 0.492 e. The lowest BCUT2D eigenvalue weighted by Gasteiger charge is -2.35. The first kappa shape index (κ1) is 22.5. The number of nitrogens with zero attached hydrogens (tertiary/aromatic N) is 3. The summed E-state index contributed by atoms with van der Waals surface area (Å²) in [7, 11) is 5.93. The zero-order chi connectivity index (χ0) is 20.2. The van der Waals surface area contributed by atoms with Crippen molar-refractivity contribution in [3.63, 3.8) is 0 Å². The van der Waals surface area contributed by atoms with Gasteiger partial charge in [0.2, 0.25) is 0 Å². The molecule has 2 rings (SSSR count). The van der Waals surface area contributed by atoms with E-state index in [1.54, 1.807) is 0 Å². The van der Waals surface area contributed by atoms with Gasteiger partial charge in [-0.05, 0) is 46.0 Å². The molecule has 1 aliphatic heterocycles. The van der Waals surface area contributed by atoms with Crippen LogP contribution in [0.25, 0.3) is 0 Å². The van der Waals surface area contributed by atoms with Crippen molar-refractivity contribution < 1.29 is 4.74 Å². The summed E-state index contributed by atoms with van der Waals surface area (Å²) < 4.78 is 5.95. The zero-order valence-electron chi connectivity index (χ0n) is 18.2. The Morgan fingerprint density at radius 2 is 2.07 bits per heavy atom. The maximum Gasteiger partial charge on any atom is 0.191 e. The summed E-state index contributed by atoms with van der Waals surface area (Å²) in [6, 6.07) is 8.95. The first-order valence-electron chi connectivity index (χ1n) is 10.7. The highest BCUT2D eigenvalue weighted by molar-refractivity contribution is 5.79. The van der Waals surface area contributed by atoms with Gasteiger partial charge in [-0.2, -0.15) is 0 Å². The van der Waals surface area contributed by atoms with Gasteiger partial charge in [0.25, 0.3) is 0 Å². The number of nitrogens with one attached hydrogen (secondary N) is 2. The van der Waals surface area contributed by atoms with Gasteiger partial charge in [-0.3, -0.25) is 9.89 Å². The van der Waals surface area contributed by atoms with E-state index >= 15 is 0 Å². The summed E-state index contributed by atoms with van der Waals surface area (Å²) in [5.41, 5.74) is 1.14. The minimum atomic E-state index is 0.686. The molecule has 6 heteroatoms. The molecule has 1 aromatic rings. The smallest absolute Gasteiger partial charge is 0.191 e. The normalized spacial score (nSPS) is 18.3. The molecule has 0 saturated carbocycles. The predicted octanol–water partition coefficient (Wildman–Crippen LogP) is 2.56. The highest BCUT2D eigenvalue weighted by Gasteiger charge is 2.19. The molecule has 1 aromatic carbocycles. The molecule has 1 fully saturated rings. The van der Waals surface area contributed by atoms with Crippen LogP contribution in [0.15, 0.2) is 29.3 Å². The number of rotatable bonds is 10. The van der Waals surface area contributed by atoms with E-state index in [0.29, 0.717) is 13.2 Å². The number of benzene rings is 1. The third-order valence-electron chi connectivity index (χ3n) is 5.35. The lowest BCUT2D eigenvalue weighted by Crippen LogP contribution is -2.45. The lowest BCUT2D eigenvalue weighted by molar-refractivity contribution is 0.147. The van der Waals surface area contributed by atoms with Crippen molar-refractivity contribution in [2.24, 2.45) is 4.99 Å². The van der Waals surface area contributed by atoms with Crippen LogP contribution in [-0.2, 0) is 6.54 Å². The van der Waals surface area contributed by atoms with Crippen LogP contribution >= 0.6 is 0 Å². The fourth-order valence-corrected chi connectivity index (χ4v) is 3.66. The van der Waals surface area contributed by atoms with E-state index in [0.717, 1.165) is 42.9 Å². The van der Waals surface area contributed by atoms with Gasteiger partial charge in [0.15, 0.2) is 5.96 Å². The monoisotopic (exact) mass is 389 g/mol. The second-order valence-corrected chi connectivity index (χ2v) is 7.71. The number of likely N-dealkylation sites (tertiary alicyclic amines) is 1. The molecule has 158 valence electrons. The van der Waals surface area contributed by atoms with Gasteiger partial charge >= 0.3 is 0 Å². The Kier molecular flexibility index (Phi) is 10.1. The third kappa shape index (κ3) is 7.68. The number of piperidine rings is 1. The van der Waals surface area contributed by atoms with E-state index in [1.807, 2.05) is 25.2 Å². The molecule has 0 amide bonds. The van der Waals surface area contributed by atoms with Crippen LogP contribution in [0.3, 0.4) is 0 Å². The standard InChI is InChI=1S/C22H39N5O/c1-5-20-11-8-9-14-27(20)15-13-24-22(23-2)25-18-19-10-6-7-12-21(19)28-17-16-26(3)4/h6-7,10,12,20H,5,8-9,11,13-18H2,1-4H3,(H2,23,24,25). The number of hydrogen-bond donors (Lipinski definition) is 2. The molecule has 0 radical (unpaired) electrons. The van der Waals surface area contributed by atoms with Crippen LogP contribution in [0.1, 0.15) is 38.2 Å². The van der Waals surface area contributed by atoms with Crippen LogP contribution in [0.5, 0.6) is 5.75 Å². The highest BCUT2D eigenvalue weighted by Crippen LogP contribution is 2.19. The van der Waals surface area contributed by atoms with Gasteiger partial charge in [0.05, 0.1) is 0 Å². The lowest BCUT2D eigenvalue weighted by atomic mass is 10.0. The molecule has 2 N–H and O–H groups in total. The average molecular weight is 390 g/mol. The van der Waals surface area contributed by atoms with E-state index in [1.165, 1.54) is 32.2 Å². The zero-order valence-corrected chi connectivity index (χ0v) is 18.2. The van der Waals surface area contributed by atoms with Crippen molar-refractivity contribution in [2.75, 3.05) is 53.9 Å². The topological polar surface area (TPSA) is 52.1 Å². The predicted molar refractivity (Wildman–Crippen MR) is 118 cm³/mol. The van der Waals surface area contributed by atoms with E-state index in [9.17, 15) is 0 Å². The van der Waals surface area contributed by atoms with Crippen LogP contribution in [0.4, 0.5) is 0 Å². The Bertz CT molecular complexity index is 590. The number of guanidine groups is 1. The van der Waals surface area contributed by atoms with Gasteiger partial charge in [-0.1, -0.05) is 31.5 Å².